The largest absolute Gasteiger partial charge is 0.480 e. The number of rotatable bonds is 3. The van der Waals surface area contributed by atoms with Gasteiger partial charge in [0.05, 0.1) is 5.56 Å². The summed E-state index contributed by atoms with van der Waals surface area (Å²) in [7, 11) is 0. The Kier molecular flexibility index (Phi) is 4.31. The molecule has 0 saturated heterocycles. The van der Waals surface area contributed by atoms with E-state index in [1.54, 1.807) is 19.1 Å². The highest BCUT2D eigenvalue weighted by Gasteiger charge is 2.26. The third kappa shape index (κ3) is 3.26. The van der Waals surface area contributed by atoms with E-state index in [1.807, 2.05) is 18.6 Å². The molecule has 1 aromatic heterocycles. The van der Waals surface area contributed by atoms with Gasteiger partial charge in [0, 0.05) is 18.4 Å². The van der Waals surface area contributed by atoms with E-state index in [2.05, 4.69) is 10.1 Å². The molecule has 1 aliphatic rings. The predicted octanol–water partition coefficient (Wildman–Crippen LogP) is 3.69. The molecule has 0 spiro atoms. The second-order valence-corrected chi connectivity index (χ2v) is 6.58. The maximum absolute atomic E-state index is 14.7. The number of fused-ring (bicyclic) bond motifs is 1. The van der Waals surface area contributed by atoms with E-state index in [4.69, 9.17) is 26.6 Å². The highest BCUT2D eigenvalue weighted by atomic mass is 35.5. The van der Waals surface area contributed by atoms with Gasteiger partial charge in [-0.2, -0.15) is 4.98 Å². The summed E-state index contributed by atoms with van der Waals surface area (Å²) < 4.78 is 25.4. The Bertz CT molecular complexity index is 1050. The number of primary amides is 1. The first-order valence-corrected chi connectivity index (χ1v) is 8.53. The second-order valence-electron chi connectivity index (χ2n) is 6.15. The molecule has 1 amide bonds. The fourth-order valence-corrected chi connectivity index (χ4v) is 3.22. The zero-order valence-corrected chi connectivity index (χ0v) is 15.0. The maximum Gasteiger partial charge on any atom is 0.258 e. The van der Waals surface area contributed by atoms with E-state index < -0.39 is 17.8 Å². The molecule has 1 atom stereocenters. The topological polar surface area (TPSA) is 91.2 Å². The molecular weight excluding hydrogens is 373 g/mol. The number of carbonyl (C=O) groups excluding carboxylic acids is 1. The molecule has 137 valence electrons. The second kappa shape index (κ2) is 6.66. The van der Waals surface area contributed by atoms with Crippen LogP contribution in [0.25, 0.3) is 22.5 Å². The number of hydrogen-bond donors (Lipinski definition) is 1. The molecule has 0 saturated carbocycles. The zero-order chi connectivity index (χ0) is 19.1. The van der Waals surface area contributed by atoms with E-state index >= 15 is 0 Å². The summed E-state index contributed by atoms with van der Waals surface area (Å²) in [6.07, 6.45) is 1.55. The van der Waals surface area contributed by atoms with Crippen LogP contribution < -0.4 is 10.5 Å². The molecule has 4 rings (SSSR count). The molecule has 0 aliphatic carbocycles. The van der Waals surface area contributed by atoms with Crippen molar-refractivity contribution < 1.29 is 18.4 Å². The van der Waals surface area contributed by atoms with Crippen molar-refractivity contribution in [1.29, 1.82) is 0 Å². The predicted molar refractivity (Wildman–Crippen MR) is 96.5 cm³/mol. The van der Waals surface area contributed by atoms with Crippen molar-refractivity contribution in [2.75, 3.05) is 0 Å². The van der Waals surface area contributed by atoms with Gasteiger partial charge in [0.15, 0.2) is 6.10 Å². The number of ether oxygens (including phenoxy) is 1. The summed E-state index contributed by atoms with van der Waals surface area (Å²) in [4.78, 5) is 15.6. The van der Waals surface area contributed by atoms with E-state index in [0.717, 1.165) is 5.56 Å². The minimum absolute atomic E-state index is 0.122. The number of aromatic nitrogens is 2. The van der Waals surface area contributed by atoms with Crippen LogP contribution in [-0.2, 0) is 4.79 Å². The Hall–Kier alpha value is -2.93. The molecule has 8 heteroatoms. The first-order valence-electron chi connectivity index (χ1n) is 8.15. The Morgan fingerprint density at radius 3 is 2.85 bits per heavy atom. The number of carbonyl (C=O) groups is 1. The van der Waals surface area contributed by atoms with E-state index in [0.29, 0.717) is 29.2 Å². The number of aryl methyl sites for hydroxylation is 1. The fourth-order valence-electron chi connectivity index (χ4n) is 3.01. The van der Waals surface area contributed by atoms with Crippen LogP contribution in [-0.4, -0.2) is 22.2 Å². The Labute approximate surface area is 159 Å². The number of amides is 1. The van der Waals surface area contributed by atoms with Crippen LogP contribution in [0.4, 0.5) is 4.39 Å². The normalized spacial score (nSPS) is 15.9. The summed E-state index contributed by atoms with van der Waals surface area (Å²) in [5, 5.41) is 4.05. The lowest BCUT2D eigenvalue weighted by atomic mass is 9.94. The quantitative estimate of drug-likeness (QED) is 0.741. The van der Waals surface area contributed by atoms with Gasteiger partial charge in [0.2, 0.25) is 11.7 Å². The molecule has 2 aromatic carbocycles. The monoisotopic (exact) mass is 386 g/mol. The zero-order valence-electron chi connectivity index (χ0n) is 14.2. The van der Waals surface area contributed by atoms with Gasteiger partial charge in [-0.1, -0.05) is 28.9 Å². The maximum atomic E-state index is 14.7. The standard InChI is InChI=1S/C19H14ClFN3O3/c1-9-23-19(24-27-9)17-13(7-12(20)8-14(17)21)11-3-2-10-4-5-15(18(22)25)26-16(10)6-11/h2-4,6-8,15H,5H2,1H3,(H2,22,25). The van der Waals surface area contributed by atoms with E-state index in [1.165, 1.54) is 6.07 Å². The van der Waals surface area contributed by atoms with Gasteiger partial charge in [-0.25, -0.2) is 4.39 Å². The van der Waals surface area contributed by atoms with Crippen molar-refractivity contribution in [3.8, 4) is 28.3 Å². The van der Waals surface area contributed by atoms with Crippen LogP contribution in [0.1, 0.15) is 17.9 Å². The summed E-state index contributed by atoms with van der Waals surface area (Å²) in [5.74, 6) is -0.189. The van der Waals surface area contributed by atoms with E-state index in [-0.39, 0.29) is 16.4 Å². The van der Waals surface area contributed by atoms with Gasteiger partial charge >= 0.3 is 0 Å². The first-order chi connectivity index (χ1) is 12.9. The lowest BCUT2D eigenvalue weighted by Gasteiger charge is -2.24. The average molecular weight is 387 g/mol. The van der Waals surface area contributed by atoms with Gasteiger partial charge in [-0.15, -0.1) is 0 Å². The van der Waals surface area contributed by atoms with Crippen molar-refractivity contribution >= 4 is 17.5 Å². The van der Waals surface area contributed by atoms with Crippen LogP contribution in [0.15, 0.2) is 34.9 Å². The SMILES string of the molecule is Cc1nc(-c2c(F)cc(Cl)cc2-c2ccc3c(c2)OC(C(N)=O)C[CH]3)no1. The van der Waals surface area contributed by atoms with Crippen LogP contribution in [0.5, 0.6) is 5.75 Å². The average Bonchev–Trinajstić information content (AvgIpc) is 3.05. The Morgan fingerprint density at radius 1 is 1.33 bits per heavy atom. The van der Waals surface area contributed by atoms with Crippen molar-refractivity contribution in [1.82, 2.24) is 10.1 Å². The number of halogens is 2. The lowest BCUT2D eigenvalue weighted by molar-refractivity contribution is -0.124. The first kappa shape index (κ1) is 17.5. The molecule has 0 bridgehead atoms. The fraction of sp³-hybridized carbons (Fsp3) is 0.158. The number of hydrogen-bond acceptors (Lipinski definition) is 5. The molecular formula is C19H14ClFN3O3. The van der Waals surface area contributed by atoms with Crippen molar-refractivity contribution in [2.45, 2.75) is 19.4 Å². The highest BCUT2D eigenvalue weighted by molar-refractivity contribution is 6.31. The molecule has 1 radical (unpaired) electrons. The minimum Gasteiger partial charge on any atom is -0.480 e. The van der Waals surface area contributed by atoms with E-state index in [9.17, 15) is 9.18 Å². The molecule has 0 fully saturated rings. The molecule has 3 aromatic rings. The highest BCUT2D eigenvalue weighted by Crippen LogP contribution is 2.39. The van der Waals surface area contributed by atoms with Gasteiger partial charge in [0.25, 0.3) is 5.91 Å². The third-order valence-corrected chi connectivity index (χ3v) is 4.49. The van der Waals surface area contributed by atoms with Crippen molar-refractivity contribution in [3.63, 3.8) is 0 Å². The van der Waals surface area contributed by atoms with Crippen LogP contribution in [0.3, 0.4) is 0 Å². The van der Waals surface area contributed by atoms with Crippen LogP contribution in [0.2, 0.25) is 5.02 Å². The molecule has 1 aliphatic heterocycles. The van der Waals surface area contributed by atoms with Crippen LogP contribution >= 0.6 is 11.6 Å². The molecule has 2 heterocycles. The van der Waals surface area contributed by atoms with Gasteiger partial charge in [-0.05, 0) is 41.3 Å². The van der Waals surface area contributed by atoms with Crippen molar-refractivity contribution in [3.05, 3.63) is 59.0 Å². The summed E-state index contributed by atoms with van der Waals surface area (Å²) >= 11 is 6.07. The smallest absolute Gasteiger partial charge is 0.258 e. The molecule has 27 heavy (non-hydrogen) atoms. The Morgan fingerprint density at radius 2 is 2.15 bits per heavy atom. The number of nitrogens with zero attached hydrogens (tertiary/aromatic N) is 2. The summed E-state index contributed by atoms with van der Waals surface area (Å²) in [5.41, 5.74) is 7.45. The van der Waals surface area contributed by atoms with Gasteiger partial charge in [0.1, 0.15) is 11.6 Å². The lowest BCUT2D eigenvalue weighted by Crippen LogP contribution is -2.35. The van der Waals surface area contributed by atoms with Gasteiger partial charge in [-0.3, -0.25) is 4.79 Å². The number of nitrogens with two attached hydrogens (primary N) is 1. The Balaban J connectivity index is 1.85. The molecule has 1 unspecified atom stereocenters. The number of benzene rings is 2. The molecule has 6 nitrogen and oxygen atoms in total. The summed E-state index contributed by atoms with van der Waals surface area (Å²) in [6.45, 7) is 1.62. The summed E-state index contributed by atoms with van der Waals surface area (Å²) in [6, 6.07) is 8.16. The van der Waals surface area contributed by atoms with Crippen LogP contribution in [0, 0.1) is 19.2 Å². The minimum atomic E-state index is -0.733. The third-order valence-electron chi connectivity index (χ3n) is 4.27. The van der Waals surface area contributed by atoms with Crippen molar-refractivity contribution in [2.24, 2.45) is 5.73 Å². The molecule has 2 N–H and O–H groups in total. The van der Waals surface area contributed by atoms with Gasteiger partial charge < -0.3 is 15.0 Å².